The molecule has 7 heteroatoms. The molecule has 1 aliphatic heterocycles. The summed E-state index contributed by atoms with van der Waals surface area (Å²) in [6.45, 7) is 2.57. The van der Waals surface area contributed by atoms with Crippen molar-refractivity contribution in [3.63, 3.8) is 0 Å². The predicted molar refractivity (Wildman–Crippen MR) is 82.0 cm³/mol. The molecule has 1 saturated heterocycles. The Bertz CT molecular complexity index is 528. The van der Waals surface area contributed by atoms with Gasteiger partial charge in [-0.25, -0.2) is 4.98 Å². The standard InChI is InChI=1S/C9H7N3OS.C4H8N.Pb/c13-6-11-9-12-8(5-14-9)7-2-1-3-10-4-7;1-2-4-5-3-1;/h1-6H,(H,11,12,13);1,5H,2-4H2;. The average molecular weight is 483 g/mol. The van der Waals surface area contributed by atoms with Crippen molar-refractivity contribution in [3.8, 4) is 11.3 Å². The summed E-state index contributed by atoms with van der Waals surface area (Å²) in [6.07, 6.45) is 5.50. The zero-order valence-corrected chi connectivity index (χ0v) is 15.6. The summed E-state index contributed by atoms with van der Waals surface area (Å²) in [4.78, 5) is 18.4. The maximum atomic E-state index is 10.2. The van der Waals surface area contributed by atoms with Crippen molar-refractivity contribution in [2.24, 2.45) is 0 Å². The van der Waals surface area contributed by atoms with Crippen LogP contribution < -0.4 is 10.6 Å². The van der Waals surface area contributed by atoms with E-state index in [0.29, 0.717) is 11.5 Å². The Morgan fingerprint density at radius 3 is 3.00 bits per heavy atom. The van der Waals surface area contributed by atoms with Crippen LogP contribution in [0.4, 0.5) is 5.13 Å². The SMILES string of the molecule is O=CNc1nc(-c2cccnc2)cs1.[Pb][CH]1CCNC1. The molecule has 5 nitrogen and oxygen atoms in total. The van der Waals surface area contributed by atoms with Crippen molar-refractivity contribution >= 4 is 48.6 Å². The van der Waals surface area contributed by atoms with Crippen LogP contribution in [0.15, 0.2) is 29.9 Å². The van der Waals surface area contributed by atoms with Crippen LogP contribution in [-0.4, -0.2) is 55.2 Å². The molecule has 2 aromatic heterocycles. The first-order valence-electron chi connectivity index (χ1n) is 6.27. The van der Waals surface area contributed by atoms with Gasteiger partial charge in [-0.3, -0.25) is 9.78 Å². The third kappa shape index (κ3) is 4.91. The fraction of sp³-hybridized carbons (Fsp3) is 0.308. The maximum absolute atomic E-state index is 10.2. The van der Waals surface area contributed by atoms with Gasteiger partial charge in [-0.1, -0.05) is 0 Å². The van der Waals surface area contributed by atoms with Crippen LogP contribution in [0.25, 0.3) is 11.3 Å². The molecule has 3 radical (unpaired) electrons. The Morgan fingerprint density at radius 2 is 2.45 bits per heavy atom. The van der Waals surface area contributed by atoms with Crippen LogP contribution in [0.5, 0.6) is 0 Å². The first-order chi connectivity index (χ1) is 9.79. The number of hydrogen-bond donors (Lipinski definition) is 2. The number of amides is 1. The summed E-state index contributed by atoms with van der Waals surface area (Å²) in [7, 11) is 0. The second kappa shape index (κ2) is 8.43. The van der Waals surface area contributed by atoms with E-state index in [1.807, 2.05) is 17.5 Å². The number of pyridine rings is 1. The van der Waals surface area contributed by atoms with Crippen molar-refractivity contribution in [2.45, 2.75) is 9.90 Å². The van der Waals surface area contributed by atoms with Gasteiger partial charge in [0.2, 0.25) is 6.41 Å². The summed E-state index contributed by atoms with van der Waals surface area (Å²) >= 11 is 2.78. The molecule has 1 amide bonds. The Hall–Kier alpha value is -0.868. The number of aromatic nitrogens is 2. The summed E-state index contributed by atoms with van der Waals surface area (Å²) in [5, 5.41) is 8.28. The Balaban J connectivity index is 0.000000205. The number of hydrogen-bond acceptors (Lipinski definition) is 5. The average Bonchev–Trinajstić information content (AvgIpc) is 3.13. The zero-order valence-electron chi connectivity index (χ0n) is 10.9. The van der Waals surface area contributed by atoms with Gasteiger partial charge in [0, 0.05) is 23.3 Å². The van der Waals surface area contributed by atoms with Crippen molar-refractivity contribution < 1.29 is 4.79 Å². The second-order valence-electron chi connectivity index (χ2n) is 4.23. The molecule has 0 spiro atoms. The van der Waals surface area contributed by atoms with Gasteiger partial charge < -0.3 is 5.32 Å². The number of rotatable bonds is 3. The number of carbonyl (C=O) groups is 1. The summed E-state index contributed by atoms with van der Waals surface area (Å²) in [5.41, 5.74) is 1.77. The fourth-order valence-corrected chi connectivity index (χ4v) is 3.49. The normalized spacial score (nSPS) is 17.1. The first kappa shape index (κ1) is 15.5. The van der Waals surface area contributed by atoms with Crippen molar-refractivity contribution in [1.82, 2.24) is 15.3 Å². The number of carbonyl (C=O) groups excluding carboxylic acids is 1. The molecule has 2 N–H and O–H groups in total. The molecule has 1 fully saturated rings. The molecule has 1 aliphatic rings. The van der Waals surface area contributed by atoms with Crippen molar-refractivity contribution in [2.75, 3.05) is 18.4 Å². The minimum absolute atomic E-state index is 0.596. The van der Waals surface area contributed by atoms with E-state index in [-0.39, 0.29) is 0 Å². The van der Waals surface area contributed by atoms with E-state index in [9.17, 15) is 4.79 Å². The molecule has 1 atom stereocenters. The molecule has 103 valence electrons. The molecule has 0 aliphatic carbocycles. The molecular weight excluding hydrogens is 467 g/mol. The van der Waals surface area contributed by atoms with E-state index >= 15 is 0 Å². The van der Waals surface area contributed by atoms with Gasteiger partial charge in [0.05, 0.1) is 5.69 Å². The predicted octanol–water partition coefficient (Wildman–Crippen LogP) is 1.71. The third-order valence-electron chi connectivity index (χ3n) is 2.70. The molecule has 0 bridgehead atoms. The van der Waals surface area contributed by atoms with E-state index < -0.39 is 0 Å². The Labute approximate surface area is 137 Å². The molecule has 3 rings (SSSR count). The molecule has 0 saturated carbocycles. The molecule has 1 unspecified atom stereocenters. The number of nitrogens with one attached hydrogen (secondary N) is 2. The van der Waals surface area contributed by atoms with Crippen LogP contribution in [0, 0.1) is 0 Å². The zero-order chi connectivity index (χ0) is 14.2. The summed E-state index contributed by atoms with van der Waals surface area (Å²) in [5.74, 6) is 0. The Morgan fingerprint density at radius 1 is 1.55 bits per heavy atom. The van der Waals surface area contributed by atoms with E-state index in [2.05, 4.69) is 20.6 Å². The van der Waals surface area contributed by atoms with Gasteiger partial charge in [0.15, 0.2) is 5.13 Å². The Kier molecular flexibility index (Phi) is 6.54. The second-order valence-corrected chi connectivity index (χ2v) is 8.26. The van der Waals surface area contributed by atoms with Crippen LogP contribution >= 0.6 is 11.3 Å². The molecule has 2 aromatic rings. The minimum atomic E-state index is 0.596. The van der Waals surface area contributed by atoms with E-state index in [1.54, 1.807) is 12.4 Å². The monoisotopic (exact) mass is 483 g/mol. The third-order valence-corrected chi connectivity index (χ3v) is 5.39. The molecule has 20 heavy (non-hydrogen) atoms. The molecule has 3 heterocycles. The molecular formula is C13H15N4OPbS. The number of anilines is 1. The topological polar surface area (TPSA) is 66.9 Å². The van der Waals surface area contributed by atoms with Gasteiger partial charge >= 0.3 is 54.1 Å². The first-order valence-corrected chi connectivity index (χ1v) is 9.40. The van der Waals surface area contributed by atoms with Gasteiger partial charge in [-0.2, -0.15) is 0 Å². The summed E-state index contributed by atoms with van der Waals surface area (Å²) < 4.78 is 1.07. The van der Waals surface area contributed by atoms with E-state index in [0.717, 1.165) is 14.7 Å². The van der Waals surface area contributed by atoms with Crippen LogP contribution in [0.2, 0.25) is 3.48 Å². The summed E-state index contributed by atoms with van der Waals surface area (Å²) in [6, 6.07) is 3.77. The van der Waals surface area contributed by atoms with Crippen molar-refractivity contribution in [1.29, 1.82) is 0 Å². The van der Waals surface area contributed by atoms with Gasteiger partial charge in [0.1, 0.15) is 0 Å². The van der Waals surface area contributed by atoms with Crippen LogP contribution in [-0.2, 0) is 4.79 Å². The quantitative estimate of drug-likeness (QED) is 0.517. The fourth-order valence-electron chi connectivity index (χ4n) is 1.69. The van der Waals surface area contributed by atoms with Crippen molar-refractivity contribution in [3.05, 3.63) is 29.9 Å². The van der Waals surface area contributed by atoms with E-state index in [1.165, 1.54) is 56.6 Å². The van der Waals surface area contributed by atoms with Gasteiger partial charge in [-0.15, -0.1) is 11.3 Å². The number of nitrogens with zero attached hydrogens (tertiary/aromatic N) is 2. The van der Waals surface area contributed by atoms with Crippen LogP contribution in [0.1, 0.15) is 6.42 Å². The van der Waals surface area contributed by atoms with E-state index in [4.69, 9.17) is 0 Å². The number of thiazole rings is 1. The van der Waals surface area contributed by atoms with Crippen LogP contribution in [0.3, 0.4) is 0 Å². The van der Waals surface area contributed by atoms with Gasteiger partial charge in [0.25, 0.3) is 0 Å². The molecule has 0 aromatic carbocycles. The van der Waals surface area contributed by atoms with Gasteiger partial charge in [-0.05, 0) is 12.1 Å².